The summed E-state index contributed by atoms with van der Waals surface area (Å²) in [7, 11) is -3.64. The molecule has 0 unspecified atom stereocenters. The number of amides is 1. The zero-order chi connectivity index (χ0) is 23.0. The summed E-state index contributed by atoms with van der Waals surface area (Å²) < 4.78 is 45.6. The van der Waals surface area contributed by atoms with Crippen molar-refractivity contribution in [3.05, 3.63) is 46.8 Å². The third-order valence-electron chi connectivity index (χ3n) is 5.33. The molecule has 1 saturated heterocycles. The van der Waals surface area contributed by atoms with Gasteiger partial charge in [-0.15, -0.1) is 6.42 Å². The van der Waals surface area contributed by atoms with E-state index in [1.165, 1.54) is 39.9 Å². The first-order chi connectivity index (χ1) is 16.0. The molecule has 2 aromatic carbocycles. The van der Waals surface area contributed by atoms with Crippen molar-refractivity contribution in [2.45, 2.75) is 11.4 Å². The van der Waals surface area contributed by atoms with E-state index in [0.717, 1.165) is 10.2 Å². The van der Waals surface area contributed by atoms with Gasteiger partial charge >= 0.3 is 0 Å². The number of benzene rings is 2. The summed E-state index contributed by atoms with van der Waals surface area (Å²) >= 11 is 1.31. The first kappa shape index (κ1) is 21.7. The van der Waals surface area contributed by atoms with E-state index >= 15 is 0 Å². The van der Waals surface area contributed by atoms with Crippen molar-refractivity contribution in [2.75, 3.05) is 33.1 Å². The number of morpholine rings is 1. The van der Waals surface area contributed by atoms with Crippen molar-refractivity contribution in [3.8, 4) is 23.8 Å². The predicted molar refractivity (Wildman–Crippen MR) is 121 cm³/mol. The van der Waals surface area contributed by atoms with Crippen molar-refractivity contribution < 1.29 is 27.4 Å². The van der Waals surface area contributed by atoms with E-state index in [9.17, 15) is 13.2 Å². The molecule has 0 radical (unpaired) electrons. The quantitative estimate of drug-likeness (QED) is 0.523. The van der Waals surface area contributed by atoms with Crippen molar-refractivity contribution in [2.24, 2.45) is 4.99 Å². The van der Waals surface area contributed by atoms with Crippen LogP contribution >= 0.6 is 11.3 Å². The summed E-state index contributed by atoms with van der Waals surface area (Å²) in [4.78, 5) is 17.7. The second-order valence-corrected chi connectivity index (χ2v) is 10.3. The van der Waals surface area contributed by atoms with E-state index < -0.39 is 15.9 Å². The number of aromatic nitrogens is 1. The number of fused-ring (bicyclic) bond motifs is 2. The Bertz CT molecular complexity index is 1440. The summed E-state index contributed by atoms with van der Waals surface area (Å²) in [6.07, 6.45) is 5.54. The minimum Gasteiger partial charge on any atom is -0.454 e. The Balaban J connectivity index is 1.47. The number of terminal acetylenes is 1. The minimum atomic E-state index is -3.64. The van der Waals surface area contributed by atoms with Crippen LogP contribution < -0.4 is 14.3 Å². The Morgan fingerprint density at radius 2 is 1.82 bits per heavy atom. The fraction of sp³-hybridized carbons (Fsp3) is 0.273. The third kappa shape index (κ3) is 4.02. The highest BCUT2D eigenvalue weighted by molar-refractivity contribution is 7.89. The number of hydrogen-bond donors (Lipinski definition) is 0. The van der Waals surface area contributed by atoms with Gasteiger partial charge in [0.1, 0.15) is 0 Å². The number of sulfonamides is 1. The molecule has 9 nitrogen and oxygen atoms in total. The monoisotopic (exact) mass is 485 g/mol. The number of thiazole rings is 1. The highest BCUT2D eigenvalue weighted by Gasteiger charge is 2.26. The molecule has 170 valence electrons. The lowest BCUT2D eigenvalue weighted by atomic mass is 10.2. The van der Waals surface area contributed by atoms with Gasteiger partial charge in [0.25, 0.3) is 5.91 Å². The van der Waals surface area contributed by atoms with Gasteiger partial charge in [0.2, 0.25) is 16.8 Å². The lowest BCUT2D eigenvalue weighted by molar-refractivity contribution is 0.0730. The summed E-state index contributed by atoms with van der Waals surface area (Å²) in [5, 5.41) is 0. The first-order valence-electron chi connectivity index (χ1n) is 10.1. The number of ether oxygens (including phenoxy) is 3. The van der Waals surface area contributed by atoms with Crippen LogP contribution in [-0.2, 0) is 21.3 Å². The second kappa shape index (κ2) is 8.64. The first-order valence-corrected chi connectivity index (χ1v) is 12.4. The van der Waals surface area contributed by atoms with Gasteiger partial charge in [0.15, 0.2) is 16.3 Å². The molecule has 1 amide bonds. The molecular formula is C22H19N3O6S2. The van der Waals surface area contributed by atoms with Gasteiger partial charge in [0, 0.05) is 30.8 Å². The van der Waals surface area contributed by atoms with Gasteiger partial charge in [-0.05, 0) is 24.3 Å². The van der Waals surface area contributed by atoms with Crippen molar-refractivity contribution >= 4 is 37.5 Å². The number of rotatable bonds is 4. The molecule has 1 aromatic heterocycles. The van der Waals surface area contributed by atoms with Gasteiger partial charge in [-0.3, -0.25) is 4.79 Å². The largest absolute Gasteiger partial charge is 0.454 e. The Morgan fingerprint density at radius 3 is 2.52 bits per heavy atom. The van der Waals surface area contributed by atoms with Crippen LogP contribution in [0.25, 0.3) is 10.2 Å². The van der Waals surface area contributed by atoms with Gasteiger partial charge in [-0.25, -0.2) is 8.42 Å². The molecule has 1 fully saturated rings. The average Bonchev–Trinajstić information content (AvgIpc) is 3.42. The maximum Gasteiger partial charge on any atom is 0.279 e. The summed E-state index contributed by atoms with van der Waals surface area (Å²) in [5.74, 6) is 3.33. The molecule has 0 aliphatic carbocycles. The normalized spacial score (nSPS) is 16.8. The highest BCUT2D eigenvalue weighted by Crippen LogP contribution is 2.37. The highest BCUT2D eigenvalue weighted by atomic mass is 32.2. The molecule has 2 aliphatic heterocycles. The topological polar surface area (TPSA) is 99.4 Å². The Hall–Kier alpha value is -3.17. The molecule has 0 N–H and O–H groups in total. The maximum absolute atomic E-state index is 12.9. The molecule has 2 aliphatic rings. The van der Waals surface area contributed by atoms with Gasteiger partial charge in [-0.2, -0.15) is 9.30 Å². The van der Waals surface area contributed by atoms with E-state index in [0.29, 0.717) is 42.6 Å². The van der Waals surface area contributed by atoms with Crippen LogP contribution in [0.5, 0.6) is 11.5 Å². The molecule has 0 bridgehead atoms. The smallest absolute Gasteiger partial charge is 0.279 e. The van der Waals surface area contributed by atoms with Gasteiger partial charge in [-0.1, -0.05) is 17.3 Å². The van der Waals surface area contributed by atoms with Crippen LogP contribution in [0.1, 0.15) is 10.4 Å². The number of carbonyl (C=O) groups is 1. The number of hydrogen-bond acceptors (Lipinski definition) is 7. The lowest BCUT2D eigenvalue weighted by Gasteiger charge is -2.26. The van der Waals surface area contributed by atoms with Crippen LogP contribution in [0.15, 0.2) is 46.3 Å². The molecule has 33 heavy (non-hydrogen) atoms. The number of nitrogens with zero attached hydrogens (tertiary/aromatic N) is 3. The SMILES string of the molecule is C#CCn1c(=NC(=O)c2ccc(S(=O)(=O)N3CCOCC3)cc2)sc2cc3c(cc21)OCO3. The molecule has 5 rings (SSSR count). The zero-order valence-corrected chi connectivity index (χ0v) is 19.0. The van der Waals surface area contributed by atoms with Gasteiger partial charge < -0.3 is 18.8 Å². The van der Waals surface area contributed by atoms with Crippen LogP contribution in [0.2, 0.25) is 0 Å². The van der Waals surface area contributed by atoms with Gasteiger partial charge in [0.05, 0.1) is 34.9 Å². The van der Waals surface area contributed by atoms with Crippen LogP contribution in [0.3, 0.4) is 0 Å². The second-order valence-electron chi connectivity index (χ2n) is 7.31. The van der Waals surface area contributed by atoms with E-state index in [1.54, 1.807) is 4.57 Å². The predicted octanol–water partition coefficient (Wildman–Crippen LogP) is 1.83. The molecule has 3 heterocycles. The molecule has 3 aromatic rings. The van der Waals surface area contributed by atoms with E-state index in [2.05, 4.69) is 10.9 Å². The summed E-state index contributed by atoms with van der Waals surface area (Å²) in [5.41, 5.74) is 1.07. The Kier molecular flexibility index (Phi) is 5.67. The third-order valence-corrected chi connectivity index (χ3v) is 8.29. The summed E-state index contributed by atoms with van der Waals surface area (Å²) in [6.45, 7) is 1.72. The maximum atomic E-state index is 12.9. The molecule has 0 spiro atoms. The average molecular weight is 486 g/mol. The molecular weight excluding hydrogens is 466 g/mol. The Labute approximate surface area is 193 Å². The molecule has 0 saturated carbocycles. The van der Waals surface area contributed by atoms with E-state index in [-0.39, 0.29) is 23.8 Å². The lowest BCUT2D eigenvalue weighted by Crippen LogP contribution is -2.40. The molecule has 11 heteroatoms. The standard InChI is InChI=1S/C22H19N3O6S2/c1-2-7-25-17-12-18-19(31-14-30-18)13-20(17)32-22(25)23-21(26)15-3-5-16(6-4-15)33(27,28)24-8-10-29-11-9-24/h1,3-6,12-13H,7-11,14H2. The molecule has 0 atom stereocenters. The minimum absolute atomic E-state index is 0.125. The van der Waals surface area contributed by atoms with Crippen LogP contribution in [0.4, 0.5) is 0 Å². The van der Waals surface area contributed by atoms with E-state index in [1.807, 2.05) is 12.1 Å². The fourth-order valence-corrected chi connectivity index (χ4v) is 6.09. The number of carbonyl (C=O) groups excluding carboxylic acids is 1. The summed E-state index contributed by atoms with van der Waals surface area (Å²) in [6, 6.07) is 9.44. The van der Waals surface area contributed by atoms with Crippen molar-refractivity contribution in [3.63, 3.8) is 0 Å². The van der Waals surface area contributed by atoms with Crippen molar-refractivity contribution in [1.29, 1.82) is 0 Å². The van der Waals surface area contributed by atoms with E-state index in [4.69, 9.17) is 20.6 Å². The fourth-order valence-electron chi connectivity index (χ4n) is 3.65. The Morgan fingerprint density at radius 1 is 1.12 bits per heavy atom. The van der Waals surface area contributed by atoms with Crippen LogP contribution in [-0.4, -0.2) is 56.3 Å². The van der Waals surface area contributed by atoms with Crippen molar-refractivity contribution in [1.82, 2.24) is 8.87 Å². The zero-order valence-electron chi connectivity index (χ0n) is 17.4. The van der Waals surface area contributed by atoms with Crippen LogP contribution in [0, 0.1) is 12.3 Å².